The highest BCUT2D eigenvalue weighted by atomic mass is 16.6. The average molecular weight is 275 g/mol. The zero-order valence-corrected chi connectivity index (χ0v) is 12.4. The fourth-order valence-electron chi connectivity index (χ4n) is 1.22. The summed E-state index contributed by atoms with van der Waals surface area (Å²) in [4.78, 5) is 14.3. The SMILES string of the molecule is C=C(C)/C=C\C(=C/C)Nc1ncccc1[N+](=O)[O-].CC. The van der Waals surface area contributed by atoms with E-state index in [-0.39, 0.29) is 11.5 Å². The van der Waals surface area contributed by atoms with Crippen LogP contribution in [0.15, 0.2) is 54.4 Å². The Balaban J connectivity index is 0.00000172. The smallest absolute Gasteiger partial charge is 0.311 e. The standard InChI is InChI=1S/C13H15N3O2.C2H6/c1-4-11(8-7-10(2)3)15-13-12(16(17)18)6-5-9-14-13;1-2/h4-9H,2H2,1,3H3,(H,14,15);1-2H3/b8-7-,11-4+;. The van der Waals surface area contributed by atoms with Crippen molar-refractivity contribution < 1.29 is 4.92 Å². The van der Waals surface area contributed by atoms with Crippen LogP contribution < -0.4 is 5.32 Å². The Hall–Kier alpha value is -2.43. The summed E-state index contributed by atoms with van der Waals surface area (Å²) in [5, 5.41) is 13.7. The van der Waals surface area contributed by atoms with E-state index in [1.165, 1.54) is 18.3 Å². The van der Waals surface area contributed by atoms with Gasteiger partial charge in [-0.25, -0.2) is 4.98 Å². The molecule has 0 aliphatic rings. The molecular weight excluding hydrogens is 254 g/mol. The normalized spacial score (nSPS) is 10.7. The van der Waals surface area contributed by atoms with E-state index < -0.39 is 4.92 Å². The Bertz CT molecular complexity index is 520. The topological polar surface area (TPSA) is 68.1 Å². The Morgan fingerprint density at radius 1 is 1.45 bits per heavy atom. The van der Waals surface area contributed by atoms with Crippen molar-refractivity contribution in [2.75, 3.05) is 5.32 Å². The van der Waals surface area contributed by atoms with Crippen molar-refractivity contribution in [1.29, 1.82) is 0 Å². The number of aromatic nitrogens is 1. The maximum Gasteiger partial charge on any atom is 0.311 e. The number of hydrogen-bond donors (Lipinski definition) is 1. The summed E-state index contributed by atoms with van der Waals surface area (Å²) in [5.41, 5.74) is 1.56. The van der Waals surface area contributed by atoms with Gasteiger partial charge >= 0.3 is 5.69 Å². The molecule has 0 atom stereocenters. The third kappa shape index (κ3) is 5.95. The molecule has 0 spiro atoms. The maximum absolute atomic E-state index is 10.8. The molecule has 0 radical (unpaired) electrons. The predicted molar refractivity (Wildman–Crippen MR) is 83.6 cm³/mol. The van der Waals surface area contributed by atoms with Crippen molar-refractivity contribution in [3.05, 3.63) is 64.5 Å². The molecule has 0 fully saturated rings. The molecule has 1 heterocycles. The van der Waals surface area contributed by atoms with Crippen LogP contribution in [0.2, 0.25) is 0 Å². The van der Waals surface area contributed by atoms with Gasteiger partial charge in [-0.3, -0.25) is 10.1 Å². The van der Waals surface area contributed by atoms with Gasteiger partial charge in [-0.2, -0.15) is 0 Å². The summed E-state index contributed by atoms with van der Waals surface area (Å²) >= 11 is 0. The molecule has 0 bridgehead atoms. The summed E-state index contributed by atoms with van der Waals surface area (Å²) in [6, 6.07) is 2.94. The molecule has 5 heteroatoms. The highest BCUT2D eigenvalue weighted by Gasteiger charge is 2.13. The molecule has 1 aromatic rings. The second-order valence-corrected chi connectivity index (χ2v) is 3.68. The third-order valence-corrected chi connectivity index (χ3v) is 2.10. The van der Waals surface area contributed by atoms with Gasteiger partial charge in [0.25, 0.3) is 0 Å². The van der Waals surface area contributed by atoms with Crippen molar-refractivity contribution in [2.45, 2.75) is 27.7 Å². The molecule has 0 aliphatic heterocycles. The summed E-state index contributed by atoms with van der Waals surface area (Å²) in [6.45, 7) is 11.4. The van der Waals surface area contributed by atoms with Gasteiger partial charge in [-0.15, -0.1) is 0 Å². The lowest BCUT2D eigenvalue weighted by Crippen LogP contribution is -2.02. The minimum absolute atomic E-state index is 0.0550. The summed E-state index contributed by atoms with van der Waals surface area (Å²) < 4.78 is 0. The minimum Gasteiger partial charge on any atom is -0.335 e. The Kier molecular flexibility index (Phi) is 8.34. The van der Waals surface area contributed by atoms with Crippen molar-refractivity contribution in [3.8, 4) is 0 Å². The largest absolute Gasteiger partial charge is 0.335 e. The van der Waals surface area contributed by atoms with Gasteiger partial charge in [0.15, 0.2) is 0 Å². The quantitative estimate of drug-likeness (QED) is 0.489. The number of anilines is 1. The maximum atomic E-state index is 10.8. The van der Waals surface area contributed by atoms with Crippen LogP contribution in [0.5, 0.6) is 0 Å². The van der Waals surface area contributed by atoms with Gasteiger partial charge in [0.1, 0.15) is 0 Å². The van der Waals surface area contributed by atoms with Gasteiger partial charge in [-0.05, 0) is 26.0 Å². The van der Waals surface area contributed by atoms with Crippen LogP contribution in [0.25, 0.3) is 0 Å². The van der Waals surface area contributed by atoms with Crippen molar-refractivity contribution in [3.63, 3.8) is 0 Å². The van der Waals surface area contributed by atoms with E-state index in [4.69, 9.17) is 0 Å². The second kappa shape index (κ2) is 9.49. The van der Waals surface area contributed by atoms with Gasteiger partial charge < -0.3 is 5.32 Å². The van der Waals surface area contributed by atoms with Crippen LogP contribution in [-0.2, 0) is 0 Å². The highest BCUT2D eigenvalue weighted by Crippen LogP contribution is 2.22. The lowest BCUT2D eigenvalue weighted by Gasteiger charge is -2.06. The van der Waals surface area contributed by atoms with Gasteiger partial charge in [0.2, 0.25) is 5.82 Å². The second-order valence-electron chi connectivity index (χ2n) is 3.68. The molecule has 0 saturated carbocycles. The van der Waals surface area contributed by atoms with E-state index in [0.29, 0.717) is 0 Å². The first kappa shape index (κ1) is 17.6. The number of allylic oxidation sites excluding steroid dienone is 4. The number of hydrogen-bond acceptors (Lipinski definition) is 4. The highest BCUT2D eigenvalue weighted by molar-refractivity contribution is 5.59. The molecule has 5 nitrogen and oxygen atoms in total. The first-order valence-electron chi connectivity index (χ1n) is 6.41. The molecule has 0 saturated heterocycles. The van der Waals surface area contributed by atoms with E-state index in [1.807, 2.05) is 33.8 Å². The van der Waals surface area contributed by atoms with E-state index in [1.54, 1.807) is 12.2 Å². The van der Waals surface area contributed by atoms with E-state index in [0.717, 1.165) is 11.3 Å². The fourth-order valence-corrected chi connectivity index (χ4v) is 1.22. The Labute approximate surface area is 119 Å². The van der Waals surface area contributed by atoms with Crippen LogP contribution in [0.4, 0.5) is 11.5 Å². The molecular formula is C15H21N3O2. The number of nitrogens with one attached hydrogen (secondary N) is 1. The van der Waals surface area contributed by atoms with Crippen molar-refractivity contribution >= 4 is 11.5 Å². The third-order valence-electron chi connectivity index (χ3n) is 2.10. The number of nitro groups is 1. The Morgan fingerprint density at radius 2 is 2.10 bits per heavy atom. The first-order chi connectivity index (χ1) is 9.54. The summed E-state index contributed by atoms with van der Waals surface area (Å²) in [7, 11) is 0. The van der Waals surface area contributed by atoms with Crippen LogP contribution >= 0.6 is 0 Å². The minimum atomic E-state index is -0.467. The molecule has 0 amide bonds. The first-order valence-corrected chi connectivity index (χ1v) is 6.41. The van der Waals surface area contributed by atoms with E-state index in [2.05, 4.69) is 16.9 Å². The monoisotopic (exact) mass is 275 g/mol. The molecule has 0 aromatic carbocycles. The van der Waals surface area contributed by atoms with Crippen LogP contribution in [0, 0.1) is 10.1 Å². The number of pyridine rings is 1. The number of nitrogens with zero attached hydrogens (tertiary/aromatic N) is 2. The lowest BCUT2D eigenvalue weighted by atomic mass is 10.2. The molecule has 1 aromatic heterocycles. The zero-order chi connectivity index (χ0) is 15.5. The molecule has 0 aliphatic carbocycles. The van der Waals surface area contributed by atoms with Crippen LogP contribution in [0.1, 0.15) is 27.7 Å². The molecule has 1 rings (SSSR count). The van der Waals surface area contributed by atoms with Gasteiger partial charge in [0, 0.05) is 18.0 Å². The average Bonchev–Trinajstić information content (AvgIpc) is 2.45. The summed E-state index contributed by atoms with van der Waals surface area (Å²) in [6.07, 6.45) is 6.92. The van der Waals surface area contributed by atoms with E-state index in [9.17, 15) is 10.1 Å². The zero-order valence-electron chi connectivity index (χ0n) is 12.4. The molecule has 20 heavy (non-hydrogen) atoms. The van der Waals surface area contributed by atoms with Crippen molar-refractivity contribution in [1.82, 2.24) is 4.98 Å². The molecule has 108 valence electrons. The van der Waals surface area contributed by atoms with Crippen LogP contribution in [0.3, 0.4) is 0 Å². The van der Waals surface area contributed by atoms with E-state index >= 15 is 0 Å². The van der Waals surface area contributed by atoms with Gasteiger partial charge in [-0.1, -0.05) is 38.2 Å². The fraction of sp³-hybridized carbons (Fsp3) is 0.267. The Morgan fingerprint density at radius 3 is 2.60 bits per heavy atom. The predicted octanol–water partition coefficient (Wildman–Crippen LogP) is 4.46. The van der Waals surface area contributed by atoms with Crippen molar-refractivity contribution in [2.24, 2.45) is 0 Å². The molecule has 1 N–H and O–H groups in total. The summed E-state index contributed by atoms with van der Waals surface area (Å²) in [5.74, 6) is 0.224. The lowest BCUT2D eigenvalue weighted by molar-refractivity contribution is -0.384. The van der Waals surface area contributed by atoms with Crippen LogP contribution in [-0.4, -0.2) is 9.91 Å². The number of rotatable bonds is 5. The van der Waals surface area contributed by atoms with Gasteiger partial charge in [0.05, 0.1) is 4.92 Å². The molecule has 0 unspecified atom stereocenters.